The van der Waals surface area contributed by atoms with Gasteiger partial charge < -0.3 is 10.3 Å². The van der Waals surface area contributed by atoms with E-state index >= 15 is 0 Å². The van der Waals surface area contributed by atoms with Gasteiger partial charge in [0.2, 0.25) is 5.91 Å². The van der Waals surface area contributed by atoms with E-state index < -0.39 is 0 Å². The lowest BCUT2D eigenvalue weighted by molar-refractivity contribution is -0.115. The molecule has 2 aromatic heterocycles. The van der Waals surface area contributed by atoms with Crippen LogP contribution in [0.15, 0.2) is 48.7 Å². The van der Waals surface area contributed by atoms with Gasteiger partial charge in [-0.2, -0.15) is 5.10 Å². The Bertz CT molecular complexity index is 1040. The number of fused-ring (bicyclic) bond motifs is 1. The first-order chi connectivity index (χ1) is 12.6. The lowest BCUT2D eigenvalue weighted by Crippen LogP contribution is -2.14. The van der Waals surface area contributed by atoms with Gasteiger partial charge in [0.05, 0.1) is 29.3 Å². The molecule has 26 heavy (non-hydrogen) atoms. The number of rotatable bonds is 4. The van der Waals surface area contributed by atoms with Gasteiger partial charge in [0.1, 0.15) is 5.69 Å². The van der Waals surface area contributed by atoms with E-state index in [2.05, 4.69) is 51.5 Å². The van der Waals surface area contributed by atoms with Crippen LogP contribution in [0.2, 0.25) is 0 Å². The van der Waals surface area contributed by atoms with Gasteiger partial charge in [-0.05, 0) is 42.7 Å². The first-order valence-corrected chi connectivity index (χ1v) is 8.44. The van der Waals surface area contributed by atoms with Gasteiger partial charge in [0, 0.05) is 0 Å². The highest BCUT2D eigenvalue weighted by molar-refractivity contribution is 5.95. The summed E-state index contributed by atoms with van der Waals surface area (Å²) in [5.74, 6) is 0.555. The number of hydrogen-bond donors (Lipinski definition) is 3. The Kier molecular flexibility index (Phi) is 4.01. The molecule has 0 saturated carbocycles. The monoisotopic (exact) mass is 345 g/mol. The zero-order valence-electron chi connectivity index (χ0n) is 14.6. The number of carbonyl (C=O) groups excluding carboxylic acids is 1. The largest absolute Gasteiger partial charge is 0.337 e. The molecule has 0 aliphatic rings. The molecule has 3 N–H and O–H groups in total. The summed E-state index contributed by atoms with van der Waals surface area (Å²) in [5.41, 5.74) is 6.48. The van der Waals surface area contributed by atoms with Crippen molar-refractivity contribution in [3.05, 3.63) is 65.4 Å². The van der Waals surface area contributed by atoms with E-state index in [4.69, 9.17) is 0 Å². The first-order valence-electron chi connectivity index (χ1n) is 8.44. The molecule has 0 aliphatic carbocycles. The van der Waals surface area contributed by atoms with E-state index in [1.807, 2.05) is 30.3 Å². The van der Waals surface area contributed by atoms with Crippen molar-refractivity contribution < 1.29 is 4.79 Å². The molecule has 4 aromatic rings. The van der Waals surface area contributed by atoms with Crippen molar-refractivity contribution in [3.8, 4) is 11.5 Å². The molecule has 0 atom stereocenters. The minimum atomic E-state index is -0.0957. The zero-order chi connectivity index (χ0) is 18.1. The number of imidazole rings is 1. The number of anilines is 1. The Labute approximate surface area is 150 Å². The van der Waals surface area contributed by atoms with Crippen LogP contribution in [0.4, 0.5) is 5.69 Å². The van der Waals surface area contributed by atoms with Crippen molar-refractivity contribution in [2.75, 3.05) is 5.32 Å². The van der Waals surface area contributed by atoms with Crippen LogP contribution in [0.1, 0.15) is 16.7 Å². The van der Waals surface area contributed by atoms with Gasteiger partial charge >= 0.3 is 0 Å². The van der Waals surface area contributed by atoms with Crippen LogP contribution in [0.3, 0.4) is 0 Å². The van der Waals surface area contributed by atoms with Crippen LogP contribution in [-0.4, -0.2) is 26.1 Å². The molecular weight excluding hydrogens is 326 g/mol. The Morgan fingerprint density at radius 2 is 1.88 bits per heavy atom. The highest BCUT2D eigenvalue weighted by atomic mass is 16.1. The second-order valence-corrected chi connectivity index (χ2v) is 6.41. The Hall–Kier alpha value is -3.41. The van der Waals surface area contributed by atoms with Crippen LogP contribution in [0.5, 0.6) is 0 Å². The second-order valence-electron chi connectivity index (χ2n) is 6.41. The normalized spacial score (nSPS) is 11.0. The summed E-state index contributed by atoms with van der Waals surface area (Å²) < 4.78 is 0. The molecule has 0 aliphatic heterocycles. The lowest BCUT2D eigenvalue weighted by atomic mass is 10.1. The van der Waals surface area contributed by atoms with Crippen molar-refractivity contribution >= 4 is 22.6 Å². The summed E-state index contributed by atoms with van der Waals surface area (Å²) in [6.07, 6.45) is 1.91. The fourth-order valence-electron chi connectivity index (χ4n) is 2.93. The van der Waals surface area contributed by atoms with Gasteiger partial charge in [-0.25, -0.2) is 4.98 Å². The number of carbonyl (C=O) groups is 1. The number of aromatic nitrogens is 4. The molecular formula is C20H19N5O. The third-order valence-electron chi connectivity index (χ3n) is 4.46. The van der Waals surface area contributed by atoms with Crippen molar-refractivity contribution in [2.24, 2.45) is 0 Å². The Morgan fingerprint density at radius 1 is 1.12 bits per heavy atom. The average Bonchev–Trinajstić information content (AvgIpc) is 3.22. The second kappa shape index (κ2) is 6.48. The fourth-order valence-corrected chi connectivity index (χ4v) is 2.93. The van der Waals surface area contributed by atoms with E-state index in [9.17, 15) is 4.79 Å². The van der Waals surface area contributed by atoms with Crippen molar-refractivity contribution in [3.63, 3.8) is 0 Å². The van der Waals surface area contributed by atoms with Crippen LogP contribution < -0.4 is 5.32 Å². The van der Waals surface area contributed by atoms with E-state index in [0.717, 1.165) is 16.6 Å². The number of nitrogens with one attached hydrogen (secondary N) is 3. The number of nitrogens with zero attached hydrogens (tertiary/aromatic N) is 2. The molecule has 2 heterocycles. The summed E-state index contributed by atoms with van der Waals surface area (Å²) in [6.45, 7) is 4.13. The number of amides is 1. The molecule has 0 radical (unpaired) electrons. The van der Waals surface area contributed by atoms with Crippen molar-refractivity contribution in [2.45, 2.75) is 20.3 Å². The number of hydrogen-bond acceptors (Lipinski definition) is 3. The van der Waals surface area contributed by atoms with Crippen LogP contribution in [0.25, 0.3) is 22.6 Å². The third-order valence-corrected chi connectivity index (χ3v) is 4.46. The summed E-state index contributed by atoms with van der Waals surface area (Å²) in [4.78, 5) is 20.3. The minimum absolute atomic E-state index is 0.0957. The molecule has 6 nitrogen and oxygen atoms in total. The van der Waals surface area contributed by atoms with Crippen molar-refractivity contribution in [1.82, 2.24) is 20.2 Å². The average molecular weight is 345 g/mol. The highest BCUT2D eigenvalue weighted by Crippen LogP contribution is 2.26. The van der Waals surface area contributed by atoms with Crippen molar-refractivity contribution in [1.29, 1.82) is 0 Å². The number of aryl methyl sites for hydroxylation is 2. The maximum Gasteiger partial charge on any atom is 0.228 e. The molecule has 0 fully saturated rings. The molecule has 130 valence electrons. The Morgan fingerprint density at radius 3 is 2.69 bits per heavy atom. The number of aromatic amines is 2. The van der Waals surface area contributed by atoms with E-state index in [-0.39, 0.29) is 5.91 Å². The molecule has 0 saturated heterocycles. The standard InChI is InChI=1S/C20H19N5O/c1-12-8-15-16(9-13(12)2)24-20(23-15)19-17(11-21-25-19)22-18(26)10-14-6-4-3-5-7-14/h3-9,11H,10H2,1-2H3,(H,21,25)(H,22,26)(H,23,24). The molecule has 6 heteroatoms. The van der Waals surface area contributed by atoms with E-state index in [1.165, 1.54) is 11.1 Å². The van der Waals surface area contributed by atoms with Gasteiger partial charge in [-0.3, -0.25) is 9.89 Å². The molecule has 0 bridgehead atoms. The smallest absolute Gasteiger partial charge is 0.228 e. The molecule has 0 spiro atoms. The maximum absolute atomic E-state index is 12.3. The van der Waals surface area contributed by atoms with Gasteiger partial charge in [0.25, 0.3) is 0 Å². The summed E-state index contributed by atoms with van der Waals surface area (Å²) >= 11 is 0. The Balaban J connectivity index is 1.60. The molecule has 0 unspecified atom stereocenters. The fraction of sp³-hybridized carbons (Fsp3) is 0.150. The first kappa shape index (κ1) is 16.1. The topological polar surface area (TPSA) is 86.5 Å². The third kappa shape index (κ3) is 3.09. The van der Waals surface area contributed by atoms with Gasteiger partial charge in [-0.1, -0.05) is 30.3 Å². The predicted octanol–water partition coefficient (Wildman–Crippen LogP) is 3.75. The zero-order valence-corrected chi connectivity index (χ0v) is 14.6. The highest BCUT2D eigenvalue weighted by Gasteiger charge is 2.15. The quantitative estimate of drug-likeness (QED) is 0.526. The maximum atomic E-state index is 12.3. The minimum Gasteiger partial charge on any atom is -0.337 e. The van der Waals surface area contributed by atoms with Gasteiger partial charge in [0.15, 0.2) is 5.82 Å². The van der Waals surface area contributed by atoms with E-state index in [1.54, 1.807) is 6.20 Å². The number of H-pyrrole nitrogens is 2. The summed E-state index contributed by atoms with van der Waals surface area (Å²) in [7, 11) is 0. The predicted molar refractivity (Wildman–Crippen MR) is 102 cm³/mol. The molecule has 4 rings (SSSR count). The van der Waals surface area contributed by atoms with Crippen LogP contribution in [-0.2, 0) is 11.2 Å². The van der Waals surface area contributed by atoms with E-state index in [0.29, 0.717) is 23.6 Å². The molecule has 2 aromatic carbocycles. The summed E-state index contributed by atoms with van der Waals surface area (Å²) in [6, 6.07) is 13.8. The number of benzene rings is 2. The summed E-state index contributed by atoms with van der Waals surface area (Å²) in [5, 5.41) is 9.90. The van der Waals surface area contributed by atoms with Gasteiger partial charge in [-0.15, -0.1) is 0 Å². The lowest BCUT2D eigenvalue weighted by Gasteiger charge is -2.04. The molecule has 1 amide bonds. The SMILES string of the molecule is Cc1cc2nc(-c3[nH]ncc3NC(=O)Cc3ccccc3)[nH]c2cc1C. The van der Waals surface area contributed by atoms with Crippen LogP contribution in [0, 0.1) is 13.8 Å². The van der Waals surface area contributed by atoms with Crippen LogP contribution >= 0.6 is 0 Å².